The second kappa shape index (κ2) is 7.06. The molecule has 0 fully saturated rings. The SMILES string of the molecule is NC(c1cccc(F)c1)[C@H](NS(=O)(=O)C(F)(F)F)c1cccc(F)c1. The predicted octanol–water partition coefficient (Wildman–Crippen LogP) is 3.15. The Morgan fingerprint density at radius 1 is 0.920 bits per heavy atom. The summed E-state index contributed by atoms with van der Waals surface area (Å²) in [7, 11) is -5.77. The molecule has 0 aromatic heterocycles. The Bertz CT molecular complexity index is 855. The van der Waals surface area contributed by atoms with Crippen molar-refractivity contribution in [3.05, 3.63) is 71.3 Å². The van der Waals surface area contributed by atoms with Gasteiger partial charge in [0.05, 0.1) is 12.1 Å². The zero-order valence-corrected chi connectivity index (χ0v) is 13.3. The summed E-state index contributed by atoms with van der Waals surface area (Å²) >= 11 is 0. The Kier molecular flexibility index (Phi) is 5.45. The first-order valence-corrected chi connectivity index (χ1v) is 8.35. The zero-order chi connectivity index (χ0) is 18.8. The van der Waals surface area contributed by atoms with Gasteiger partial charge in [-0.25, -0.2) is 17.2 Å². The van der Waals surface area contributed by atoms with E-state index < -0.39 is 39.2 Å². The van der Waals surface area contributed by atoms with Crippen molar-refractivity contribution in [3.8, 4) is 0 Å². The maximum absolute atomic E-state index is 13.4. The van der Waals surface area contributed by atoms with E-state index in [1.807, 2.05) is 0 Å². The van der Waals surface area contributed by atoms with E-state index in [1.165, 1.54) is 29.0 Å². The molecule has 2 atom stereocenters. The van der Waals surface area contributed by atoms with Gasteiger partial charge in [0.2, 0.25) is 0 Å². The second-order valence-electron chi connectivity index (χ2n) is 5.18. The molecule has 0 saturated carbocycles. The fourth-order valence-corrected chi connectivity index (χ4v) is 2.94. The second-order valence-corrected chi connectivity index (χ2v) is 6.89. The van der Waals surface area contributed by atoms with E-state index in [0.717, 1.165) is 24.3 Å². The standard InChI is InChI=1S/C15H13F5N2O2S/c16-11-5-1-3-9(7-11)13(21)14(10-4-2-6-12(17)8-10)22-25(23,24)15(18,19)20/h1-8,13-14,22H,21H2/t13?,14-/m1/s1. The summed E-state index contributed by atoms with van der Waals surface area (Å²) in [6, 6.07) is 5.87. The summed E-state index contributed by atoms with van der Waals surface area (Å²) in [6.45, 7) is 0. The fraction of sp³-hybridized carbons (Fsp3) is 0.200. The number of alkyl halides is 3. The van der Waals surface area contributed by atoms with Gasteiger partial charge in [-0.3, -0.25) is 0 Å². The number of halogens is 5. The van der Waals surface area contributed by atoms with Crippen molar-refractivity contribution in [1.82, 2.24) is 4.72 Å². The molecule has 2 rings (SSSR count). The summed E-state index contributed by atoms with van der Waals surface area (Å²) < 4.78 is 89.2. The highest BCUT2D eigenvalue weighted by molar-refractivity contribution is 7.90. The highest BCUT2D eigenvalue weighted by Crippen LogP contribution is 2.31. The van der Waals surface area contributed by atoms with Gasteiger partial charge in [-0.2, -0.15) is 17.9 Å². The van der Waals surface area contributed by atoms with Gasteiger partial charge in [0.25, 0.3) is 0 Å². The molecule has 0 aliphatic carbocycles. The molecule has 25 heavy (non-hydrogen) atoms. The van der Waals surface area contributed by atoms with Crippen LogP contribution in [-0.2, 0) is 10.0 Å². The van der Waals surface area contributed by atoms with Crippen molar-refractivity contribution in [2.75, 3.05) is 0 Å². The van der Waals surface area contributed by atoms with Crippen molar-refractivity contribution < 1.29 is 30.4 Å². The molecule has 4 nitrogen and oxygen atoms in total. The van der Waals surface area contributed by atoms with Gasteiger partial charge in [0, 0.05) is 0 Å². The summed E-state index contributed by atoms with van der Waals surface area (Å²) in [5.41, 5.74) is 0.180. The van der Waals surface area contributed by atoms with Crippen LogP contribution in [0.4, 0.5) is 22.0 Å². The molecule has 0 aliphatic heterocycles. The number of hydrogen-bond acceptors (Lipinski definition) is 3. The third kappa shape index (κ3) is 4.53. The molecule has 0 bridgehead atoms. The summed E-state index contributed by atoms with van der Waals surface area (Å²) in [4.78, 5) is 0. The zero-order valence-electron chi connectivity index (χ0n) is 12.5. The van der Waals surface area contributed by atoms with E-state index in [4.69, 9.17) is 5.73 Å². The topological polar surface area (TPSA) is 72.2 Å². The minimum atomic E-state index is -5.77. The van der Waals surface area contributed by atoms with Crippen molar-refractivity contribution >= 4 is 10.0 Å². The van der Waals surface area contributed by atoms with E-state index in [9.17, 15) is 30.4 Å². The van der Waals surface area contributed by atoms with E-state index in [2.05, 4.69) is 0 Å². The monoisotopic (exact) mass is 380 g/mol. The minimum absolute atomic E-state index is 0.0409. The molecule has 3 N–H and O–H groups in total. The maximum Gasteiger partial charge on any atom is 0.511 e. The van der Waals surface area contributed by atoms with Gasteiger partial charge in [0.1, 0.15) is 11.6 Å². The molecular formula is C15H13F5N2O2S. The molecule has 0 heterocycles. The first kappa shape index (κ1) is 19.3. The van der Waals surface area contributed by atoms with Crippen LogP contribution in [0.2, 0.25) is 0 Å². The van der Waals surface area contributed by atoms with Gasteiger partial charge >= 0.3 is 15.5 Å². The number of rotatable bonds is 5. The van der Waals surface area contributed by atoms with E-state index in [0.29, 0.717) is 0 Å². The van der Waals surface area contributed by atoms with Crippen molar-refractivity contribution in [3.63, 3.8) is 0 Å². The fourth-order valence-electron chi connectivity index (χ4n) is 2.19. The van der Waals surface area contributed by atoms with Crippen molar-refractivity contribution in [1.29, 1.82) is 0 Å². The highest BCUT2D eigenvalue weighted by atomic mass is 32.2. The van der Waals surface area contributed by atoms with Crippen LogP contribution in [0.15, 0.2) is 48.5 Å². The molecule has 0 aliphatic rings. The predicted molar refractivity (Wildman–Crippen MR) is 80.6 cm³/mol. The number of nitrogens with one attached hydrogen (secondary N) is 1. The van der Waals surface area contributed by atoms with Crippen LogP contribution in [0.1, 0.15) is 23.2 Å². The third-order valence-electron chi connectivity index (χ3n) is 3.39. The quantitative estimate of drug-likeness (QED) is 0.783. The number of hydrogen-bond donors (Lipinski definition) is 2. The summed E-state index contributed by atoms with van der Waals surface area (Å²) in [5, 5.41) is 0. The van der Waals surface area contributed by atoms with Gasteiger partial charge in [-0.15, -0.1) is 0 Å². The van der Waals surface area contributed by atoms with Gasteiger partial charge in [-0.05, 0) is 35.4 Å². The van der Waals surface area contributed by atoms with E-state index >= 15 is 0 Å². The molecule has 136 valence electrons. The van der Waals surface area contributed by atoms with Gasteiger partial charge in [0.15, 0.2) is 0 Å². The molecule has 10 heteroatoms. The molecule has 1 unspecified atom stereocenters. The first-order chi connectivity index (χ1) is 11.5. The van der Waals surface area contributed by atoms with Crippen LogP contribution in [-0.4, -0.2) is 13.9 Å². The lowest BCUT2D eigenvalue weighted by Crippen LogP contribution is -2.42. The molecule has 0 saturated heterocycles. The minimum Gasteiger partial charge on any atom is -0.322 e. The first-order valence-electron chi connectivity index (χ1n) is 6.86. The molecule has 0 radical (unpaired) electrons. The van der Waals surface area contributed by atoms with Crippen LogP contribution < -0.4 is 10.5 Å². The summed E-state index contributed by atoms with van der Waals surface area (Å²) in [5.74, 6) is -1.50. The lowest BCUT2D eigenvalue weighted by atomic mass is 9.95. The van der Waals surface area contributed by atoms with E-state index in [-0.39, 0.29) is 11.1 Å². The Morgan fingerprint density at radius 3 is 1.88 bits per heavy atom. The van der Waals surface area contributed by atoms with E-state index in [1.54, 1.807) is 0 Å². The maximum atomic E-state index is 13.4. The van der Waals surface area contributed by atoms with Gasteiger partial charge < -0.3 is 5.73 Å². The summed E-state index contributed by atoms with van der Waals surface area (Å²) in [6.07, 6.45) is 0. The normalized spacial score (nSPS) is 15.0. The van der Waals surface area contributed by atoms with Gasteiger partial charge in [-0.1, -0.05) is 24.3 Å². The average Bonchev–Trinajstić information content (AvgIpc) is 2.51. The lowest BCUT2D eigenvalue weighted by Gasteiger charge is -2.26. The van der Waals surface area contributed by atoms with Crippen LogP contribution in [0.3, 0.4) is 0 Å². The molecular weight excluding hydrogens is 367 g/mol. The number of benzene rings is 2. The number of sulfonamides is 1. The lowest BCUT2D eigenvalue weighted by molar-refractivity contribution is -0.0451. The van der Waals surface area contributed by atoms with Crippen molar-refractivity contribution in [2.45, 2.75) is 17.6 Å². The Balaban J connectivity index is 2.49. The molecule has 0 spiro atoms. The Labute approximate surface area is 140 Å². The molecule has 2 aromatic carbocycles. The molecule has 0 amide bonds. The Morgan fingerprint density at radius 2 is 1.40 bits per heavy atom. The van der Waals surface area contributed by atoms with Crippen LogP contribution in [0.25, 0.3) is 0 Å². The highest BCUT2D eigenvalue weighted by Gasteiger charge is 2.47. The number of nitrogens with two attached hydrogens (primary N) is 1. The van der Waals surface area contributed by atoms with Crippen LogP contribution in [0, 0.1) is 11.6 Å². The smallest absolute Gasteiger partial charge is 0.322 e. The van der Waals surface area contributed by atoms with Crippen molar-refractivity contribution in [2.24, 2.45) is 5.73 Å². The third-order valence-corrected chi connectivity index (χ3v) is 4.56. The average molecular weight is 380 g/mol. The largest absolute Gasteiger partial charge is 0.511 e. The molecule has 2 aromatic rings. The Hall–Kier alpha value is -2.04. The van der Waals surface area contributed by atoms with Crippen LogP contribution >= 0.6 is 0 Å². The van der Waals surface area contributed by atoms with Crippen LogP contribution in [0.5, 0.6) is 0 Å².